The van der Waals surface area contributed by atoms with Crippen LogP contribution in [0, 0.1) is 11.2 Å². The molecule has 2 nitrogen and oxygen atoms in total. The first-order valence-corrected chi connectivity index (χ1v) is 3.43. The molecule has 1 unspecified atom stereocenters. The van der Waals surface area contributed by atoms with E-state index >= 15 is 0 Å². The zero-order valence-corrected chi connectivity index (χ0v) is 5.87. The van der Waals surface area contributed by atoms with Crippen LogP contribution in [-0.2, 0) is 4.79 Å². The van der Waals surface area contributed by atoms with E-state index in [-0.39, 0.29) is 0 Å². The van der Waals surface area contributed by atoms with Crippen LogP contribution in [0.15, 0.2) is 6.08 Å². The Morgan fingerprint density at radius 1 is 1.89 bits per heavy atom. The smallest absolute Gasteiger partial charge is 0.330 e. The lowest BCUT2D eigenvalue weighted by atomic mass is 10.2. The largest absolute Gasteiger partial charge is 0.480 e. The van der Waals surface area contributed by atoms with Gasteiger partial charge in [-0.3, -0.25) is 0 Å². The zero-order valence-electron chi connectivity index (χ0n) is 4.30. The van der Waals surface area contributed by atoms with Crippen LogP contribution in [0.25, 0.3) is 0 Å². The lowest BCUT2D eigenvalue weighted by Crippen LogP contribution is -2.27. The average Bonchev–Trinajstić information content (AvgIpc) is 2.16. The third kappa shape index (κ3) is 1.22. The van der Waals surface area contributed by atoms with Gasteiger partial charge in [-0.2, -0.15) is 0 Å². The molecule has 0 aliphatic carbocycles. The van der Waals surface area contributed by atoms with E-state index in [1.807, 2.05) is 0 Å². The Labute approximate surface area is 61.9 Å². The topological polar surface area (TPSA) is 37.3 Å². The second kappa shape index (κ2) is 2.23. The van der Waals surface area contributed by atoms with Gasteiger partial charge in [0, 0.05) is 5.41 Å². The number of rotatable bonds is 1. The van der Waals surface area contributed by atoms with Gasteiger partial charge in [0.25, 0.3) is 0 Å². The van der Waals surface area contributed by atoms with Crippen molar-refractivity contribution in [2.75, 3.05) is 0 Å². The standard InChI is InChI=1S/C5H3ClO2S/c6-5(4(7)8)1-2-9-3-5/h1,3H,(H,7,8). The molecule has 0 fully saturated rings. The molecule has 1 heterocycles. The van der Waals surface area contributed by atoms with Gasteiger partial charge in [0.2, 0.25) is 0 Å². The first kappa shape index (κ1) is 6.96. The van der Waals surface area contributed by atoms with Gasteiger partial charge in [0.15, 0.2) is 4.87 Å². The first-order valence-electron chi connectivity index (χ1n) is 2.17. The molecule has 0 saturated heterocycles. The van der Waals surface area contributed by atoms with Crippen molar-refractivity contribution in [1.82, 2.24) is 0 Å². The Morgan fingerprint density at radius 3 is 2.78 bits per heavy atom. The molecular formula is C5H3ClO2S. The fraction of sp³-hybridized carbons (Fsp3) is 0.200. The molecule has 0 amide bonds. The van der Waals surface area contributed by atoms with E-state index in [0.29, 0.717) is 0 Å². The number of aliphatic carboxylic acids is 1. The molecule has 4 heteroatoms. The molecule has 0 aromatic rings. The maximum Gasteiger partial charge on any atom is 0.330 e. The molecule has 0 aromatic carbocycles. The summed E-state index contributed by atoms with van der Waals surface area (Å²) >= 11 is 6.68. The Bertz CT molecular complexity index is 168. The highest BCUT2D eigenvalue weighted by atomic mass is 35.5. The predicted molar refractivity (Wildman–Crippen MR) is 35.9 cm³/mol. The molecule has 0 bridgehead atoms. The van der Waals surface area contributed by atoms with Crippen molar-refractivity contribution in [2.24, 2.45) is 0 Å². The van der Waals surface area contributed by atoms with Crippen molar-refractivity contribution in [3.8, 4) is 0 Å². The predicted octanol–water partition coefficient (Wildman–Crippen LogP) is 1.27. The summed E-state index contributed by atoms with van der Waals surface area (Å²) < 4.78 is 0. The molecule has 0 saturated carbocycles. The Kier molecular flexibility index (Phi) is 1.73. The van der Waals surface area contributed by atoms with Crippen LogP contribution in [0.3, 0.4) is 0 Å². The van der Waals surface area contributed by atoms with Crippen molar-refractivity contribution in [1.29, 1.82) is 0 Å². The summed E-state index contributed by atoms with van der Waals surface area (Å²) in [5, 5.41) is 11.0. The molecule has 1 atom stereocenters. The lowest BCUT2D eigenvalue weighted by Gasteiger charge is -2.09. The normalized spacial score (nSPS) is 33.0. The van der Waals surface area contributed by atoms with Crippen LogP contribution in [0.5, 0.6) is 0 Å². The van der Waals surface area contributed by atoms with Crippen LogP contribution in [0.1, 0.15) is 0 Å². The van der Waals surface area contributed by atoms with Crippen LogP contribution in [-0.4, -0.2) is 16.0 Å². The fourth-order valence-electron chi connectivity index (χ4n) is 0.386. The summed E-state index contributed by atoms with van der Waals surface area (Å²) in [5.74, 6) is 0.360. The number of thioether (sulfide) groups is 1. The van der Waals surface area contributed by atoms with Crippen molar-refractivity contribution < 1.29 is 9.90 Å². The maximum absolute atomic E-state index is 10.3. The second-order valence-corrected chi connectivity index (χ2v) is 2.90. The van der Waals surface area contributed by atoms with E-state index in [9.17, 15) is 4.79 Å². The number of halogens is 1. The summed E-state index contributed by atoms with van der Waals surface area (Å²) in [6.07, 6.45) is 1.32. The molecule has 1 rings (SSSR count). The number of carbonyl (C=O) groups is 1. The van der Waals surface area contributed by atoms with Gasteiger partial charge < -0.3 is 5.11 Å². The minimum atomic E-state index is -1.31. The Morgan fingerprint density at radius 2 is 2.56 bits per heavy atom. The van der Waals surface area contributed by atoms with Crippen molar-refractivity contribution in [3.05, 3.63) is 17.2 Å². The molecular weight excluding hydrogens is 160 g/mol. The summed E-state index contributed by atoms with van der Waals surface area (Å²) in [6.45, 7) is 0. The summed E-state index contributed by atoms with van der Waals surface area (Å²) in [5.41, 5.74) is 0. The first-order chi connectivity index (χ1) is 4.15. The van der Waals surface area contributed by atoms with Gasteiger partial charge in [0.1, 0.15) is 0 Å². The lowest BCUT2D eigenvalue weighted by molar-refractivity contribution is -0.137. The van der Waals surface area contributed by atoms with E-state index in [1.165, 1.54) is 23.6 Å². The Balaban J connectivity index is 2.74. The highest BCUT2D eigenvalue weighted by Gasteiger charge is 2.36. The summed E-state index contributed by atoms with van der Waals surface area (Å²) in [6, 6.07) is 0. The van der Waals surface area contributed by atoms with Gasteiger partial charge in [-0.1, -0.05) is 0 Å². The van der Waals surface area contributed by atoms with Crippen molar-refractivity contribution in [3.63, 3.8) is 0 Å². The number of hydrogen-bond donors (Lipinski definition) is 1. The zero-order chi connectivity index (χ0) is 6.91. The number of hydrogen-bond acceptors (Lipinski definition) is 2. The number of carboxylic acids is 1. The molecule has 9 heavy (non-hydrogen) atoms. The Hall–Kier alpha value is -0.150. The minimum absolute atomic E-state index is 1.05. The van der Waals surface area contributed by atoms with Gasteiger partial charge in [0.05, 0.1) is 5.75 Å². The quantitative estimate of drug-likeness (QED) is 0.591. The van der Waals surface area contributed by atoms with Crippen LogP contribution < -0.4 is 0 Å². The molecule has 48 valence electrons. The third-order valence-electron chi connectivity index (χ3n) is 0.895. The van der Waals surface area contributed by atoms with Gasteiger partial charge in [-0.15, -0.1) is 23.4 Å². The average molecular weight is 163 g/mol. The highest BCUT2D eigenvalue weighted by molar-refractivity contribution is 8.03. The molecule has 0 spiro atoms. The second-order valence-electron chi connectivity index (χ2n) is 1.57. The van der Waals surface area contributed by atoms with E-state index < -0.39 is 10.8 Å². The molecule has 1 aliphatic heterocycles. The summed E-state index contributed by atoms with van der Waals surface area (Å²) in [4.78, 5) is 8.96. The van der Waals surface area contributed by atoms with Crippen LogP contribution in [0.4, 0.5) is 0 Å². The van der Waals surface area contributed by atoms with E-state index in [1.54, 1.807) is 0 Å². The van der Waals surface area contributed by atoms with Crippen LogP contribution >= 0.6 is 23.4 Å². The van der Waals surface area contributed by atoms with E-state index in [4.69, 9.17) is 16.7 Å². The van der Waals surface area contributed by atoms with Crippen LogP contribution in [0.2, 0.25) is 0 Å². The minimum Gasteiger partial charge on any atom is -0.480 e. The van der Waals surface area contributed by atoms with Gasteiger partial charge in [-0.05, 0) is 6.08 Å². The van der Waals surface area contributed by atoms with Gasteiger partial charge in [-0.25, -0.2) is 4.79 Å². The van der Waals surface area contributed by atoms with Crippen molar-refractivity contribution >= 4 is 29.3 Å². The number of carboxylic acid groups (broad SMARTS) is 1. The third-order valence-corrected chi connectivity index (χ3v) is 2.15. The highest BCUT2D eigenvalue weighted by Crippen LogP contribution is 2.34. The monoisotopic (exact) mass is 162 g/mol. The summed E-state index contributed by atoms with van der Waals surface area (Å²) in [7, 11) is 0. The SMILES string of the molecule is O=C(O)C1(Cl)[CH]S[C]=C1. The molecule has 2 radical (unpaired) electrons. The van der Waals surface area contributed by atoms with Crippen molar-refractivity contribution in [2.45, 2.75) is 4.87 Å². The van der Waals surface area contributed by atoms with E-state index in [0.717, 1.165) is 0 Å². The fourth-order valence-corrected chi connectivity index (χ4v) is 1.30. The molecule has 1 N–H and O–H groups in total. The number of alkyl halides is 1. The molecule has 1 aliphatic rings. The van der Waals surface area contributed by atoms with Gasteiger partial charge >= 0.3 is 5.97 Å². The maximum atomic E-state index is 10.3. The molecule has 0 aromatic heterocycles. The van der Waals surface area contributed by atoms with E-state index in [2.05, 4.69) is 5.41 Å².